The standard InChI is InChI=1S/C21H18N4OS2/c1-15-13-28-21(24-15)25-20-19(26-17-5-3-2-4-6-17)11-18(12-23-20)27-14-16-7-9-22-10-8-16/h2-13H,14H2,1H3,(H,23,24,25). The van der Waals surface area contributed by atoms with Crippen LogP contribution in [-0.2, 0) is 5.75 Å². The summed E-state index contributed by atoms with van der Waals surface area (Å²) in [5.74, 6) is 2.91. The Kier molecular flexibility index (Phi) is 5.84. The highest BCUT2D eigenvalue weighted by Crippen LogP contribution is 2.35. The Hall–Kier alpha value is -2.90. The van der Waals surface area contributed by atoms with Gasteiger partial charge in [-0.15, -0.1) is 23.1 Å². The van der Waals surface area contributed by atoms with Crippen molar-refractivity contribution in [3.63, 3.8) is 0 Å². The first-order chi connectivity index (χ1) is 13.8. The number of ether oxygens (including phenoxy) is 1. The van der Waals surface area contributed by atoms with Crippen LogP contribution in [0.1, 0.15) is 11.3 Å². The fourth-order valence-electron chi connectivity index (χ4n) is 2.45. The minimum absolute atomic E-state index is 0.645. The molecule has 0 saturated heterocycles. The molecule has 7 heteroatoms. The predicted molar refractivity (Wildman–Crippen MR) is 115 cm³/mol. The van der Waals surface area contributed by atoms with E-state index in [9.17, 15) is 0 Å². The molecule has 0 aliphatic heterocycles. The van der Waals surface area contributed by atoms with Crippen molar-refractivity contribution in [3.05, 3.63) is 83.8 Å². The van der Waals surface area contributed by atoms with Gasteiger partial charge in [-0.1, -0.05) is 18.2 Å². The maximum Gasteiger partial charge on any atom is 0.188 e. The number of para-hydroxylation sites is 1. The lowest BCUT2D eigenvalue weighted by Gasteiger charge is -2.12. The summed E-state index contributed by atoms with van der Waals surface area (Å²) in [6, 6.07) is 15.7. The molecule has 0 aliphatic carbocycles. The van der Waals surface area contributed by atoms with E-state index in [-0.39, 0.29) is 0 Å². The Bertz CT molecular complexity index is 1040. The van der Waals surface area contributed by atoms with Gasteiger partial charge in [0.1, 0.15) is 5.75 Å². The van der Waals surface area contributed by atoms with Gasteiger partial charge in [0.05, 0.1) is 5.69 Å². The van der Waals surface area contributed by atoms with Crippen LogP contribution in [0.15, 0.2) is 77.4 Å². The van der Waals surface area contributed by atoms with Gasteiger partial charge in [-0.2, -0.15) is 0 Å². The molecule has 0 atom stereocenters. The third-order valence-electron chi connectivity index (χ3n) is 3.80. The van der Waals surface area contributed by atoms with Gasteiger partial charge >= 0.3 is 0 Å². The van der Waals surface area contributed by atoms with Crippen molar-refractivity contribution < 1.29 is 4.74 Å². The van der Waals surface area contributed by atoms with Crippen molar-refractivity contribution in [2.45, 2.75) is 17.6 Å². The minimum atomic E-state index is 0.645. The molecule has 0 radical (unpaired) electrons. The maximum absolute atomic E-state index is 6.11. The summed E-state index contributed by atoms with van der Waals surface area (Å²) >= 11 is 3.25. The third-order valence-corrected chi connectivity index (χ3v) is 5.71. The van der Waals surface area contributed by atoms with Crippen LogP contribution >= 0.6 is 23.1 Å². The summed E-state index contributed by atoms with van der Waals surface area (Å²) in [6.45, 7) is 1.97. The van der Waals surface area contributed by atoms with Crippen molar-refractivity contribution in [2.24, 2.45) is 0 Å². The zero-order valence-electron chi connectivity index (χ0n) is 15.2. The molecule has 0 amide bonds. The molecule has 0 aliphatic rings. The number of rotatable bonds is 7. The van der Waals surface area contributed by atoms with Crippen LogP contribution in [0.5, 0.6) is 11.5 Å². The van der Waals surface area contributed by atoms with Gasteiger partial charge < -0.3 is 10.1 Å². The van der Waals surface area contributed by atoms with Gasteiger partial charge in [-0.25, -0.2) is 9.97 Å². The highest BCUT2D eigenvalue weighted by molar-refractivity contribution is 7.98. The van der Waals surface area contributed by atoms with Crippen molar-refractivity contribution in [1.29, 1.82) is 0 Å². The molecule has 0 saturated carbocycles. The Morgan fingerprint density at radius 1 is 1.11 bits per heavy atom. The average Bonchev–Trinajstić information content (AvgIpc) is 3.14. The smallest absolute Gasteiger partial charge is 0.188 e. The van der Waals surface area contributed by atoms with E-state index in [4.69, 9.17) is 4.74 Å². The minimum Gasteiger partial charge on any atom is -0.453 e. The summed E-state index contributed by atoms with van der Waals surface area (Å²) < 4.78 is 6.11. The second-order valence-electron chi connectivity index (χ2n) is 6.00. The van der Waals surface area contributed by atoms with Gasteiger partial charge in [-0.3, -0.25) is 4.98 Å². The highest BCUT2D eigenvalue weighted by atomic mass is 32.2. The molecule has 1 N–H and O–H groups in total. The number of hydrogen-bond acceptors (Lipinski definition) is 7. The number of nitrogens with one attached hydrogen (secondary N) is 1. The predicted octanol–water partition coefficient (Wildman–Crippen LogP) is 6.07. The number of aromatic nitrogens is 3. The van der Waals surface area contributed by atoms with E-state index in [1.165, 1.54) is 5.56 Å². The van der Waals surface area contributed by atoms with Gasteiger partial charge in [0.15, 0.2) is 16.7 Å². The maximum atomic E-state index is 6.11. The zero-order valence-corrected chi connectivity index (χ0v) is 16.8. The van der Waals surface area contributed by atoms with E-state index in [2.05, 4.69) is 20.3 Å². The first-order valence-corrected chi connectivity index (χ1v) is 10.6. The number of anilines is 2. The van der Waals surface area contributed by atoms with Crippen molar-refractivity contribution in [1.82, 2.24) is 15.0 Å². The van der Waals surface area contributed by atoms with E-state index >= 15 is 0 Å². The second-order valence-corrected chi connectivity index (χ2v) is 7.90. The lowest BCUT2D eigenvalue weighted by atomic mass is 10.3. The molecule has 0 unspecified atom stereocenters. The highest BCUT2D eigenvalue weighted by Gasteiger charge is 2.11. The topological polar surface area (TPSA) is 59.9 Å². The summed E-state index contributed by atoms with van der Waals surface area (Å²) in [6.07, 6.45) is 5.47. The second kappa shape index (κ2) is 8.86. The quantitative estimate of drug-likeness (QED) is 0.376. The van der Waals surface area contributed by atoms with Crippen LogP contribution in [0.2, 0.25) is 0 Å². The Balaban J connectivity index is 1.57. The Morgan fingerprint density at radius 3 is 2.68 bits per heavy atom. The molecule has 0 spiro atoms. The molecule has 28 heavy (non-hydrogen) atoms. The number of aryl methyl sites for hydroxylation is 1. The zero-order chi connectivity index (χ0) is 19.2. The summed E-state index contributed by atoms with van der Waals surface area (Å²) in [4.78, 5) is 14.1. The van der Waals surface area contributed by atoms with Gasteiger partial charge in [0.2, 0.25) is 0 Å². The monoisotopic (exact) mass is 406 g/mol. The normalized spacial score (nSPS) is 10.6. The molecule has 1 aromatic carbocycles. The van der Waals surface area contributed by atoms with Crippen LogP contribution in [0.4, 0.5) is 10.9 Å². The van der Waals surface area contributed by atoms with Crippen LogP contribution in [-0.4, -0.2) is 15.0 Å². The summed E-state index contributed by atoms with van der Waals surface area (Å²) in [7, 11) is 0. The van der Waals surface area contributed by atoms with E-state index in [1.807, 2.05) is 67.0 Å². The Morgan fingerprint density at radius 2 is 1.93 bits per heavy atom. The number of hydrogen-bond donors (Lipinski definition) is 1. The van der Waals surface area contributed by atoms with Crippen molar-refractivity contribution in [3.8, 4) is 11.5 Å². The molecule has 0 fully saturated rings. The SMILES string of the molecule is Cc1csc(Nc2ncc(SCc3ccncc3)cc2Oc2ccccc2)n1. The van der Waals surface area contributed by atoms with Gasteiger partial charge in [0, 0.05) is 34.6 Å². The largest absolute Gasteiger partial charge is 0.453 e. The fraction of sp³-hybridized carbons (Fsp3) is 0.0952. The van der Waals surface area contributed by atoms with Crippen molar-refractivity contribution >= 4 is 34.0 Å². The molecule has 5 nitrogen and oxygen atoms in total. The molecule has 4 rings (SSSR count). The van der Waals surface area contributed by atoms with Crippen LogP contribution in [0, 0.1) is 6.92 Å². The summed E-state index contributed by atoms with van der Waals surface area (Å²) in [5, 5.41) is 6.06. The number of pyridine rings is 2. The van der Waals surface area contributed by atoms with E-state index in [1.54, 1.807) is 35.5 Å². The van der Waals surface area contributed by atoms with E-state index in [0.29, 0.717) is 11.6 Å². The molecular weight excluding hydrogens is 388 g/mol. The molecule has 140 valence electrons. The number of benzene rings is 1. The van der Waals surface area contributed by atoms with Crippen molar-refractivity contribution in [2.75, 3.05) is 5.32 Å². The van der Waals surface area contributed by atoms with Crippen LogP contribution in [0.3, 0.4) is 0 Å². The van der Waals surface area contributed by atoms with Gasteiger partial charge in [0.25, 0.3) is 0 Å². The Labute approximate surface area is 171 Å². The molecule has 3 aromatic heterocycles. The molecular formula is C21H18N4OS2. The molecule has 0 bridgehead atoms. The summed E-state index contributed by atoms with van der Waals surface area (Å²) in [5.41, 5.74) is 2.19. The first-order valence-electron chi connectivity index (χ1n) is 8.70. The number of thiazole rings is 1. The van der Waals surface area contributed by atoms with Crippen LogP contribution < -0.4 is 10.1 Å². The molecule has 3 heterocycles. The number of nitrogens with zero attached hydrogens (tertiary/aromatic N) is 3. The van der Waals surface area contributed by atoms with E-state index < -0.39 is 0 Å². The third kappa shape index (κ3) is 4.88. The lowest BCUT2D eigenvalue weighted by Crippen LogP contribution is -1.97. The van der Waals surface area contributed by atoms with E-state index in [0.717, 1.165) is 27.2 Å². The fourth-order valence-corrected chi connectivity index (χ4v) is 3.98. The lowest BCUT2D eigenvalue weighted by molar-refractivity contribution is 0.481. The first kappa shape index (κ1) is 18.5. The number of thioether (sulfide) groups is 1. The average molecular weight is 407 g/mol. The molecule has 4 aromatic rings. The van der Waals surface area contributed by atoms with Gasteiger partial charge in [-0.05, 0) is 42.8 Å². The van der Waals surface area contributed by atoms with Crippen LogP contribution in [0.25, 0.3) is 0 Å².